The summed E-state index contributed by atoms with van der Waals surface area (Å²) in [6, 6.07) is 9.66. The van der Waals surface area contributed by atoms with Gasteiger partial charge in [0.2, 0.25) is 0 Å². The Balaban J connectivity index is 2.23. The summed E-state index contributed by atoms with van der Waals surface area (Å²) in [6.07, 6.45) is 0. The van der Waals surface area contributed by atoms with Crippen molar-refractivity contribution in [3.63, 3.8) is 0 Å². The summed E-state index contributed by atoms with van der Waals surface area (Å²) < 4.78 is 31.7. The number of anilines is 1. The van der Waals surface area contributed by atoms with Crippen molar-refractivity contribution in [1.29, 1.82) is 0 Å². The molecule has 2 aromatic rings. The molecule has 0 bridgehead atoms. The molecular formula is C15H15F2NO2. The Morgan fingerprint density at radius 1 is 1.20 bits per heavy atom. The minimum Gasteiger partial charge on any atom is -0.497 e. The number of aliphatic hydroxyl groups is 1. The van der Waals surface area contributed by atoms with E-state index in [-0.39, 0.29) is 12.2 Å². The Morgan fingerprint density at radius 3 is 2.65 bits per heavy atom. The number of ether oxygens (including phenoxy) is 1. The van der Waals surface area contributed by atoms with Crippen LogP contribution in [0.1, 0.15) is 11.6 Å². The number of hydrogen-bond acceptors (Lipinski definition) is 3. The van der Waals surface area contributed by atoms with Gasteiger partial charge in [-0.05, 0) is 18.2 Å². The molecule has 5 heteroatoms. The van der Waals surface area contributed by atoms with Crippen LogP contribution in [-0.4, -0.2) is 18.8 Å². The smallest absolute Gasteiger partial charge is 0.131 e. The van der Waals surface area contributed by atoms with E-state index in [4.69, 9.17) is 4.74 Å². The molecule has 0 aliphatic carbocycles. The van der Waals surface area contributed by atoms with Gasteiger partial charge in [-0.1, -0.05) is 12.1 Å². The van der Waals surface area contributed by atoms with Gasteiger partial charge in [0, 0.05) is 23.4 Å². The third-order valence-electron chi connectivity index (χ3n) is 2.93. The van der Waals surface area contributed by atoms with E-state index >= 15 is 0 Å². The van der Waals surface area contributed by atoms with Crippen LogP contribution >= 0.6 is 0 Å². The van der Waals surface area contributed by atoms with E-state index in [9.17, 15) is 13.9 Å². The van der Waals surface area contributed by atoms with E-state index < -0.39 is 17.7 Å². The fraction of sp³-hybridized carbons (Fsp3) is 0.200. The van der Waals surface area contributed by atoms with E-state index in [2.05, 4.69) is 5.32 Å². The Hall–Kier alpha value is -2.14. The molecule has 0 aliphatic heterocycles. The zero-order valence-corrected chi connectivity index (χ0v) is 10.9. The Morgan fingerprint density at radius 2 is 2.00 bits per heavy atom. The standard InChI is InChI=1S/C15H15F2NO2/c1-20-12-4-2-3-11(8-12)18-15(9-19)13-6-5-10(16)7-14(13)17/h2-8,15,18-19H,9H2,1H3. The number of aliphatic hydroxyl groups excluding tert-OH is 1. The summed E-state index contributed by atoms with van der Waals surface area (Å²) in [5, 5.41) is 12.4. The molecule has 0 fully saturated rings. The zero-order valence-electron chi connectivity index (χ0n) is 10.9. The normalized spacial score (nSPS) is 12.0. The molecule has 0 heterocycles. The molecule has 106 valence electrons. The molecule has 1 atom stereocenters. The molecule has 20 heavy (non-hydrogen) atoms. The lowest BCUT2D eigenvalue weighted by atomic mass is 10.1. The van der Waals surface area contributed by atoms with Gasteiger partial charge in [0.1, 0.15) is 17.4 Å². The van der Waals surface area contributed by atoms with E-state index in [1.54, 1.807) is 31.4 Å². The zero-order chi connectivity index (χ0) is 14.5. The van der Waals surface area contributed by atoms with Gasteiger partial charge in [0.25, 0.3) is 0 Å². The van der Waals surface area contributed by atoms with Crippen molar-refractivity contribution in [1.82, 2.24) is 0 Å². The van der Waals surface area contributed by atoms with Crippen molar-refractivity contribution >= 4 is 5.69 Å². The Bertz CT molecular complexity index is 590. The third-order valence-corrected chi connectivity index (χ3v) is 2.93. The predicted octanol–water partition coefficient (Wildman–Crippen LogP) is 3.12. The lowest BCUT2D eigenvalue weighted by molar-refractivity contribution is 0.273. The second-order valence-corrected chi connectivity index (χ2v) is 4.28. The van der Waals surface area contributed by atoms with Crippen LogP contribution in [0.15, 0.2) is 42.5 Å². The molecule has 0 aromatic heterocycles. The summed E-state index contributed by atoms with van der Waals surface area (Å²) in [4.78, 5) is 0. The largest absolute Gasteiger partial charge is 0.497 e. The first-order valence-electron chi connectivity index (χ1n) is 6.10. The van der Waals surface area contributed by atoms with Crippen molar-refractivity contribution < 1.29 is 18.6 Å². The predicted molar refractivity (Wildman–Crippen MR) is 72.8 cm³/mol. The van der Waals surface area contributed by atoms with E-state index in [1.165, 1.54) is 6.07 Å². The van der Waals surface area contributed by atoms with E-state index in [0.29, 0.717) is 11.4 Å². The summed E-state index contributed by atoms with van der Waals surface area (Å²) in [6.45, 7) is -0.320. The van der Waals surface area contributed by atoms with Crippen LogP contribution in [0.25, 0.3) is 0 Å². The second kappa shape index (κ2) is 6.34. The van der Waals surface area contributed by atoms with Crippen LogP contribution in [0.5, 0.6) is 5.75 Å². The van der Waals surface area contributed by atoms with Crippen LogP contribution in [0.4, 0.5) is 14.5 Å². The van der Waals surface area contributed by atoms with Crippen molar-refractivity contribution in [3.8, 4) is 5.75 Å². The van der Waals surface area contributed by atoms with Gasteiger partial charge in [0.05, 0.1) is 19.8 Å². The molecule has 2 rings (SSSR count). The SMILES string of the molecule is COc1cccc(NC(CO)c2ccc(F)cc2F)c1. The number of methoxy groups -OCH3 is 1. The van der Waals surface area contributed by atoms with Crippen LogP contribution in [0.3, 0.4) is 0 Å². The van der Waals surface area contributed by atoms with Crippen LogP contribution < -0.4 is 10.1 Å². The molecule has 0 amide bonds. The Labute approximate surface area is 115 Å². The average Bonchev–Trinajstić information content (AvgIpc) is 2.45. The number of halogens is 2. The van der Waals surface area contributed by atoms with Crippen LogP contribution in [-0.2, 0) is 0 Å². The highest BCUT2D eigenvalue weighted by Crippen LogP contribution is 2.24. The minimum absolute atomic E-state index is 0.205. The van der Waals surface area contributed by atoms with E-state index in [0.717, 1.165) is 12.1 Å². The first-order valence-corrected chi connectivity index (χ1v) is 6.10. The molecule has 2 aromatic carbocycles. The summed E-state index contributed by atoms with van der Waals surface area (Å²) in [5.41, 5.74) is 0.879. The third kappa shape index (κ3) is 3.24. The number of benzene rings is 2. The first-order chi connectivity index (χ1) is 9.63. The quantitative estimate of drug-likeness (QED) is 0.883. The van der Waals surface area contributed by atoms with Crippen molar-refractivity contribution in [2.45, 2.75) is 6.04 Å². The summed E-state index contributed by atoms with van der Waals surface area (Å²) in [7, 11) is 1.54. The van der Waals surface area contributed by atoms with Gasteiger partial charge < -0.3 is 15.2 Å². The minimum atomic E-state index is -0.695. The molecule has 0 spiro atoms. The van der Waals surface area contributed by atoms with Gasteiger partial charge in [-0.3, -0.25) is 0 Å². The maximum absolute atomic E-state index is 13.7. The Kier molecular flexibility index (Phi) is 4.53. The number of hydrogen-bond donors (Lipinski definition) is 2. The van der Waals surface area contributed by atoms with Gasteiger partial charge in [-0.15, -0.1) is 0 Å². The molecule has 2 N–H and O–H groups in total. The average molecular weight is 279 g/mol. The van der Waals surface area contributed by atoms with E-state index in [1.807, 2.05) is 0 Å². The highest BCUT2D eigenvalue weighted by molar-refractivity contribution is 5.50. The molecule has 0 radical (unpaired) electrons. The van der Waals surface area contributed by atoms with Gasteiger partial charge in [-0.25, -0.2) is 8.78 Å². The lowest BCUT2D eigenvalue weighted by Gasteiger charge is -2.19. The maximum Gasteiger partial charge on any atom is 0.131 e. The topological polar surface area (TPSA) is 41.5 Å². The molecule has 0 saturated carbocycles. The fourth-order valence-electron chi connectivity index (χ4n) is 1.92. The van der Waals surface area contributed by atoms with Crippen LogP contribution in [0.2, 0.25) is 0 Å². The van der Waals surface area contributed by atoms with Gasteiger partial charge in [0.15, 0.2) is 0 Å². The molecule has 0 saturated heterocycles. The highest BCUT2D eigenvalue weighted by atomic mass is 19.1. The van der Waals surface area contributed by atoms with Crippen molar-refractivity contribution in [3.05, 3.63) is 59.7 Å². The highest BCUT2D eigenvalue weighted by Gasteiger charge is 2.15. The number of rotatable bonds is 5. The fourth-order valence-corrected chi connectivity index (χ4v) is 1.92. The molecule has 3 nitrogen and oxygen atoms in total. The van der Waals surface area contributed by atoms with Crippen molar-refractivity contribution in [2.24, 2.45) is 0 Å². The molecule has 0 aliphatic rings. The number of nitrogens with one attached hydrogen (secondary N) is 1. The monoisotopic (exact) mass is 279 g/mol. The molecular weight excluding hydrogens is 264 g/mol. The lowest BCUT2D eigenvalue weighted by Crippen LogP contribution is -2.16. The summed E-state index contributed by atoms with van der Waals surface area (Å²) in [5.74, 6) is -0.699. The van der Waals surface area contributed by atoms with Gasteiger partial charge in [-0.2, -0.15) is 0 Å². The maximum atomic E-state index is 13.7. The van der Waals surface area contributed by atoms with Gasteiger partial charge >= 0.3 is 0 Å². The van der Waals surface area contributed by atoms with Crippen molar-refractivity contribution in [2.75, 3.05) is 19.0 Å². The van der Waals surface area contributed by atoms with Crippen LogP contribution in [0, 0.1) is 11.6 Å². The molecule has 1 unspecified atom stereocenters. The summed E-state index contributed by atoms with van der Waals surface area (Å²) >= 11 is 0. The second-order valence-electron chi connectivity index (χ2n) is 4.28. The first kappa shape index (κ1) is 14.3.